The van der Waals surface area contributed by atoms with Crippen LogP contribution in [0.1, 0.15) is 18.6 Å². The van der Waals surface area contributed by atoms with Crippen molar-refractivity contribution in [1.82, 2.24) is 0 Å². The highest BCUT2D eigenvalue weighted by atomic mass is 16.7. The van der Waals surface area contributed by atoms with Crippen LogP contribution in [0.4, 0.5) is 0 Å². The molecule has 4 heterocycles. The van der Waals surface area contributed by atoms with Crippen LogP contribution in [0.3, 0.4) is 0 Å². The van der Waals surface area contributed by atoms with Crippen LogP contribution in [0.5, 0.6) is 17.2 Å². The summed E-state index contributed by atoms with van der Waals surface area (Å²) in [6.07, 6.45) is -25.8. The number of hydrogen-bond donors (Lipinski definition) is 12. The Morgan fingerprint density at radius 2 is 1.29 bits per heavy atom. The van der Waals surface area contributed by atoms with Gasteiger partial charge in [0.1, 0.15) is 102 Å². The average Bonchev–Trinajstić information content (AvgIpc) is 3.12. The third-order valence-electron chi connectivity index (χ3n) is 9.48. The summed E-state index contributed by atoms with van der Waals surface area (Å²) in [5.74, 6) is -1.53. The standard InChI is InChI=1S/C33H40O19/c1-10-21(39)24(42)27(45)32(47-10)52-31-26(44)23(41)17(8-34)49-30(31)20-14(38)7-16(50-33-28(46)25(43)22(40)18(9-35)51-33)19-13(37)6-15(48-29(19)20)11-2-4-12(36)5-3-11/h2-7,10,17-18,21-28,30-36,38-46H,8-9H2,1H3/t10-,17-,18+,21-,22+,23+,24-,25-,26+,27-,28+,30-,31-,32+,33+/m1/s1. The quantitative estimate of drug-likeness (QED) is 0.106. The lowest BCUT2D eigenvalue weighted by atomic mass is 9.89. The van der Waals surface area contributed by atoms with E-state index in [1.165, 1.54) is 31.2 Å². The fourth-order valence-electron chi connectivity index (χ4n) is 6.49. The summed E-state index contributed by atoms with van der Waals surface area (Å²) in [6, 6.07) is 7.31. The molecule has 0 radical (unpaired) electrons. The molecule has 0 bridgehead atoms. The van der Waals surface area contributed by atoms with Crippen molar-refractivity contribution >= 4 is 11.0 Å². The van der Waals surface area contributed by atoms with Gasteiger partial charge in [0.15, 0.2) is 17.3 Å². The molecule has 0 spiro atoms. The second-order valence-corrected chi connectivity index (χ2v) is 12.9. The van der Waals surface area contributed by atoms with Gasteiger partial charge in [-0.3, -0.25) is 4.79 Å². The largest absolute Gasteiger partial charge is 0.508 e. The Morgan fingerprint density at radius 3 is 1.94 bits per heavy atom. The van der Waals surface area contributed by atoms with Crippen molar-refractivity contribution in [3.63, 3.8) is 0 Å². The van der Waals surface area contributed by atoms with Crippen LogP contribution in [0.2, 0.25) is 0 Å². The van der Waals surface area contributed by atoms with E-state index in [0.29, 0.717) is 0 Å². The number of phenolic OH excluding ortho intramolecular Hbond substituents is 2. The van der Waals surface area contributed by atoms with E-state index in [-0.39, 0.29) is 17.1 Å². The topological polar surface area (TPSA) is 319 Å². The minimum atomic E-state index is -1.96. The van der Waals surface area contributed by atoms with Crippen molar-refractivity contribution in [2.45, 2.75) is 98.9 Å². The van der Waals surface area contributed by atoms with Gasteiger partial charge in [-0.05, 0) is 31.2 Å². The number of ether oxygens (including phenoxy) is 5. The van der Waals surface area contributed by atoms with Crippen molar-refractivity contribution in [3.8, 4) is 28.6 Å². The zero-order valence-corrected chi connectivity index (χ0v) is 27.3. The van der Waals surface area contributed by atoms with Crippen molar-refractivity contribution in [1.29, 1.82) is 0 Å². The number of rotatable bonds is 8. The number of aromatic hydroxyl groups is 2. The Bertz CT molecular complexity index is 1760. The fourth-order valence-corrected chi connectivity index (χ4v) is 6.49. The van der Waals surface area contributed by atoms with E-state index >= 15 is 0 Å². The van der Waals surface area contributed by atoms with Gasteiger partial charge >= 0.3 is 0 Å². The van der Waals surface area contributed by atoms with E-state index in [2.05, 4.69) is 0 Å². The number of hydrogen-bond acceptors (Lipinski definition) is 19. The predicted molar refractivity (Wildman–Crippen MR) is 170 cm³/mol. The smallest absolute Gasteiger partial charge is 0.229 e. The second kappa shape index (κ2) is 15.1. The maximum absolute atomic E-state index is 13.9. The third-order valence-corrected chi connectivity index (χ3v) is 9.48. The lowest BCUT2D eigenvalue weighted by Crippen LogP contribution is -2.61. The van der Waals surface area contributed by atoms with Crippen LogP contribution < -0.4 is 10.2 Å². The van der Waals surface area contributed by atoms with Crippen molar-refractivity contribution in [3.05, 3.63) is 52.2 Å². The second-order valence-electron chi connectivity index (χ2n) is 12.9. The Morgan fingerprint density at radius 1 is 0.692 bits per heavy atom. The zero-order chi connectivity index (χ0) is 37.8. The van der Waals surface area contributed by atoms with Crippen LogP contribution >= 0.6 is 0 Å². The molecule has 0 saturated carbocycles. The number of aliphatic hydroxyl groups is 10. The Kier molecular flexibility index (Phi) is 11.1. The first-order valence-electron chi connectivity index (χ1n) is 16.2. The predicted octanol–water partition coefficient (Wildman–Crippen LogP) is -3.58. The molecule has 0 aliphatic carbocycles. The van der Waals surface area contributed by atoms with Crippen molar-refractivity contribution < 1.29 is 89.4 Å². The van der Waals surface area contributed by atoms with Gasteiger partial charge in [0.25, 0.3) is 0 Å². The van der Waals surface area contributed by atoms with Gasteiger partial charge < -0.3 is 89.4 Å². The first-order valence-corrected chi connectivity index (χ1v) is 16.2. The first kappa shape index (κ1) is 38.2. The molecule has 19 nitrogen and oxygen atoms in total. The van der Waals surface area contributed by atoms with Gasteiger partial charge in [0, 0.05) is 17.7 Å². The molecule has 19 heteroatoms. The summed E-state index contributed by atoms with van der Waals surface area (Å²) < 4.78 is 34.7. The lowest BCUT2D eigenvalue weighted by Gasteiger charge is -2.46. The maximum atomic E-state index is 13.9. The van der Waals surface area contributed by atoms with Gasteiger partial charge in [0.05, 0.1) is 24.9 Å². The highest BCUT2D eigenvalue weighted by Crippen LogP contribution is 2.46. The normalized spacial score (nSPS) is 38.3. The molecule has 6 rings (SSSR count). The van der Waals surface area contributed by atoms with Crippen LogP contribution in [0.25, 0.3) is 22.3 Å². The molecule has 286 valence electrons. The molecular formula is C33H40O19. The van der Waals surface area contributed by atoms with Gasteiger partial charge in [-0.1, -0.05) is 0 Å². The van der Waals surface area contributed by atoms with Crippen LogP contribution in [0, 0.1) is 0 Å². The van der Waals surface area contributed by atoms with Gasteiger partial charge in [-0.2, -0.15) is 0 Å². The molecule has 0 amide bonds. The van der Waals surface area contributed by atoms with Gasteiger partial charge in [0.2, 0.25) is 6.29 Å². The Balaban J connectivity index is 1.52. The first-order chi connectivity index (χ1) is 24.7. The Labute approximate surface area is 293 Å². The maximum Gasteiger partial charge on any atom is 0.229 e. The van der Waals surface area contributed by atoms with Crippen LogP contribution in [-0.2, 0) is 18.9 Å². The van der Waals surface area contributed by atoms with Crippen molar-refractivity contribution in [2.24, 2.45) is 0 Å². The SMILES string of the molecule is C[C@H]1O[C@@H](O[C@@H]2[C@@H](O)[C@@H](O)[C@@H](CO)O[C@@H]2c2c(O)cc(O[C@H]3O[C@@H](CO)[C@H](O)[C@@H](O)[C@@H]3O)c3c(=O)cc(-c4ccc(O)cc4)oc23)[C@H](O)[C@H](O)[C@@H]1O. The molecular weight excluding hydrogens is 700 g/mol. The number of aliphatic hydroxyl groups excluding tert-OH is 10. The number of phenols is 2. The molecule has 3 aromatic rings. The van der Waals surface area contributed by atoms with Crippen LogP contribution in [-0.4, -0.2) is 160 Å². The summed E-state index contributed by atoms with van der Waals surface area (Å²) in [5, 5.41) is 125. The van der Waals surface area contributed by atoms with Crippen molar-refractivity contribution in [2.75, 3.05) is 13.2 Å². The van der Waals surface area contributed by atoms with E-state index in [9.17, 15) is 66.1 Å². The molecule has 15 atom stereocenters. The minimum absolute atomic E-state index is 0.113. The minimum Gasteiger partial charge on any atom is -0.508 e. The zero-order valence-electron chi connectivity index (χ0n) is 27.3. The summed E-state index contributed by atoms with van der Waals surface area (Å²) in [5.41, 5.74) is -1.51. The molecule has 3 saturated heterocycles. The molecule has 3 fully saturated rings. The highest BCUT2D eigenvalue weighted by Gasteiger charge is 2.52. The van der Waals surface area contributed by atoms with E-state index in [1.54, 1.807) is 0 Å². The van der Waals surface area contributed by atoms with E-state index in [4.69, 9.17) is 28.1 Å². The monoisotopic (exact) mass is 740 g/mol. The molecule has 3 aliphatic rings. The molecule has 3 aliphatic heterocycles. The highest BCUT2D eigenvalue weighted by molar-refractivity contribution is 5.90. The van der Waals surface area contributed by atoms with Crippen LogP contribution in [0.15, 0.2) is 45.6 Å². The summed E-state index contributed by atoms with van der Waals surface area (Å²) in [7, 11) is 0. The molecule has 0 unspecified atom stereocenters. The molecule has 12 N–H and O–H groups in total. The molecule has 2 aromatic carbocycles. The van der Waals surface area contributed by atoms with Gasteiger partial charge in [-0.25, -0.2) is 0 Å². The average molecular weight is 741 g/mol. The Hall–Kier alpha value is -3.51. The number of fused-ring (bicyclic) bond motifs is 1. The molecule has 52 heavy (non-hydrogen) atoms. The van der Waals surface area contributed by atoms with E-state index in [0.717, 1.165) is 12.1 Å². The van der Waals surface area contributed by atoms with E-state index < -0.39 is 139 Å². The fraction of sp³-hybridized carbons (Fsp3) is 0.545. The van der Waals surface area contributed by atoms with Gasteiger partial charge in [-0.15, -0.1) is 0 Å². The lowest BCUT2D eigenvalue weighted by molar-refractivity contribution is -0.338. The third kappa shape index (κ3) is 6.85. The summed E-state index contributed by atoms with van der Waals surface area (Å²) >= 11 is 0. The van der Waals surface area contributed by atoms with E-state index in [1.807, 2.05) is 0 Å². The summed E-state index contributed by atoms with van der Waals surface area (Å²) in [6.45, 7) is -0.306. The molecule has 1 aromatic heterocycles. The summed E-state index contributed by atoms with van der Waals surface area (Å²) in [4.78, 5) is 13.9. The number of benzene rings is 2.